The van der Waals surface area contributed by atoms with Crippen LogP contribution in [0.15, 0.2) is 18.2 Å². The summed E-state index contributed by atoms with van der Waals surface area (Å²) in [6, 6.07) is 3.12. The fourth-order valence-electron chi connectivity index (χ4n) is 2.31. The van der Waals surface area contributed by atoms with E-state index < -0.39 is 48.8 Å². The first-order valence-electron chi connectivity index (χ1n) is 6.86. The van der Waals surface area contributed by atoms with Gasteiger partial charge in [-0.05, 0) is 18.2 Å². The van der Waals surface area contributed by atoms with Crippen LogP contribution in [0.25, 0.3) is 0 Å². The van der Waals surface area contributed by atoms with E-state index in [9.17, 15) is 25.2 Å². The molecule has 134 valence electrons. The molecule has 0 spiro atoms. The Labute approximate surface area is 135 Å². The number of carboxylic acid groups (broad SMARTS) is 1. The summed E-state index contributed by atoms with van der Waals surface area (Å²) < 4.78 is 5.21. The van der Waals surface area contributed by atoms with Gasteiger partial charge in [0.1, 0.15) is 24.4 Å². The Bertz CT molecular complexity index is 595. The van der Waals surface area contributed by atoms with Gasteiger partial charge >= 0.3 is 0 Å². The predicted molar refractivity (Wildman–Crippen MR) is 74.2 cm³/mol. The van der Waals surface area contributed by atoms with Crippen molar-refractivity contribution in [3.63, 3.8) is 0 Å². The molecule has 1 aromatic rings. The smallest absolute Gasteiger partial charge is 0.157 e. The van der Waals surface area contributed by atoms with Gasteiger partial charge in [0.15, 0.2) is 6.23 Å². The van der Waals surface area contributed by atoms with E-state index in [2.05, 4.69) is 5.32 Å². The van der Waals surface area contributed by atoms with Crippen molar-refractivity contribution in [2.75, 3.05) is 17.2 Å². The number of aliphatic hydroxyl groups is 4. The molecule has 11 nitrogen and oxygen atoms in total. The summed E-state index contributed by atoms with van der Waals surface area (Å²) in [7, 11) is 0. The molecule has 7 N–H and O–H groups in total. The van der Waals surface area contributed by atoms with Gasteiger partial charge in [0.05, 0.1) is 18.3 Å². The van der Waals surface area contributed by atoms with Crippen molar-refractivity contribution in [1.82, 2.24) is 0 Å². The number of nitrogens with one attached hydrogen (secondary N) is 1. The van der Waals surface area contributed by atoms with Crippen LogP contribution in [-0.4, -0.2) is 74.1 Å². The number of nitrogens with zero attached hydrogens (tertiary/aromatic N) is 1. The van der Waals surface area contributed by atoms with Gasteiger partial charge < -0.3 is 40.4 Å². The third-order valence-corrected chi connectivity index (χ3v) is 3.59. The third-order valence-electron chi connectivity index (χ3n) is 3.59. The number of rotatable bonds is 5. The fraction of sp³-hybridized carbons (Fsp3) is 0.462. The van der Waals surface area contributed by atoms with Gasteiger partial charge in [-0.3, -0.25) is 10.4 Å². The molecule has 5 unspecified atom stereocenters. The maximum atomic E-state index is 11.0. The fourth-order valence-corrected chi connectivity index (χ4v) is 2.31. The molecule has 0 saturated carbocycles. The van der Waals surface area contributed by atoms with Crippen LogP contribution in [0.3, 0.4) is 0 Å². The molecular formula is C13H17N2O9-. The van der Waals surface area contributed by atoms with Crippen molar-refractivity contribution < 1.29 is 45.5 Å². The number of carboxylic acids is 1. The van der Waals surface area contributed by atoms with E-state index in [4.69, 9.17) is 20.3 Å². The van der Waals surface area contributed by atoms with Crippen molar-refractivity contribution in [2.24, 2.45) is 0 Å². The molecule has 1 aromatic carbocycles. The Kier molecular flexibility index (Phi) is 5.56. The molecule has 11 heteroatoms. The zero-order valence-corrected chi connectivity index (χ0v) is 12.2. The Balaban J connectivity index is 2.27. The molecule has 1 aliphatic heterocycles. The van der Waals surface area contributed by atoms with Gasteiger partial charge in [0, 0.05) is 11.3 Å². The number of carbonyl (C=O) groups is 1. The highest BCUT2D eigenvalue weighted by Gasteiger charge is 2.43. The first-order chi connectivity index (χ1) is 11.2. The van der Waals surface area contributed by atoms with Crippen molar-refractivity contribution in [3.8, 4) is 0 Å². The Hall–Kier alpha value is -1.99. The van der Waals surface area contributed by atoms with Crippen LogP contribution in [0, 0.1) is 0 Å². The van der Waals surface area contributed by atoms with Gasteiger partial charge in [-0.15, -0.1) is 5.23 Å². The van der Waals surface area contributed by atoms with E-state index in [0.717, 1.165) is 18.2 Å². The number of hydrogen-bond donors (Lipinski definition) is 7. The minimum Gasteiger partial charge on any atom is -0.545 e. The molecule has 24 heavy (non-hydrogen) atoms. The lowest BCUT2D eigenvalue weighted by Gasteiger charge is -2.40. The lowest BCUT2D eigenvalue weighted by Crippen LogP contribution is -2.60. The zero-order valence-electron chi connectivity index (χ0n) is 12.2. The maximum absolute atomic E-state index is 11.0. The van der Waals surface area contributed by atoms with E-state index in [0.29, 0.717) is 0 Å². The van der Waals surface area contributed by atoms with Gasteiger partial charge in [-0.2, -0.15) is 0 Å². The zero-order chi connectivity index (χ0) is 18.0. The molecule has 0 radical (unpaired) electrons. The monoisotopic (exact) mass is 345 g/mol. The molecule has 1 fully saturated rings. The Morgan fingerprint density at radius 1 is 1.17 bits per heavy atom. The molecule has 5 atom stereocenters. The van der Waals surface area contributed by atoms with Gasteiger partial charge in [0.25, 0.3) is 0 Å². The van der Waals surface area contributed by atoms with Gasteiger partial charge in [-0.25, -0.2) is 0 Å². The van der Waals surface area contributed by atoms with E-state index >= 15 is 0 Å². The van der Waals surface area contributed by atoms with Crippen LogP contribution in [0.4, 0.5) is 11.4 Å². The van der Waals surface area contributed by atoms with Crippen molar-refractivity contribution in [1.29, 1.82) is 0 Å². The highest BCUT2D eigenvalue weighted by atomic mass is 16.8. The van der Waals surface area contributed by atoms with Crippen LogP contribution in [0.5, 0.6) is 0 Å². The summed E-state index contributed by atoms with van der Waals surface area (Å²) in [6.07, 6.45) is -7.23. The molecule has 1 saturated heterocycles. The number of hydrogen-bond acceptors (Lipinski definition) is 11. The number of aromatic carboxylic acids is 1. The topological polar surface area (TPSA) is 186 Å². The van der Waals surface area contributed by atoms with Crippen LogP contribution in [0.2, 0.25) is 0 Å². The predicted octanol–water partition coefficient (Wildman–Crippen LogP) is -3.15. The largest absolute Gasteiger partial charge is 0.545 e. The molecule has 1 heterocycles. The first kappa shape index (κ1) is 18.4. The number of ether oxygens (including phenoxy) is 1. The van der Waals surface area contributed by atoms with E-state index in [1.54, 1.807) is 0 Å². The summed E-state index contributed by atoms with van der Waals surface area (Å²) in [4.78, 5) is 11.0. The first-order valence-corrected chi connectivity index (χ1v) is 6.86. The quantitative estimate of drug-likeness (QED) is 0.267. The van der Waals surface area contributed by atoms with E-state index in [1.807, 2.05) is 0 Å². The van der Waals surface area contributed by atoms with Crippen LogP contribution in [0.1, 0.15) is 10.4 Å². The summed E-state index contributed by atoms with van der Waals surface area (Å²) in [5.74, 6) is -1.59. The van der Waals surface area contributed by atoms with Gasteiger partial charge in [0.2, 0.25) is 0 Å². The molecule has 2 rings (SSSR count). The normalized spacial score (nSPS) is 30.0. The standard InChI is InChI=1S/C13H18N2O9/c16-4-8-9(17)10(18)11(19)12(24-8)14-6-1-5(13(20)21)2-7(3-6)15(22)23/h1-3,8-12,14,16-19,22-23H,4H2,(H,20,21)/p-1. The summed E-state index contributed by atoms with van der Waals surface area (Å²) >= 11 is 0. The second-order valence-corrected chi connectivity index (χ2v) is 5.24. The molecule has 0 aromatic heterocycles. The SMILES string of the molecule is O=C([O-])c1cc(NC2OC(CO)C(O)C(O)C2O)cc(N(O)O)c1. The van der Waals surface area contributed by atoms with Crippen LogP contribution < -0.4 is 15.6 Å². The molecule has 0 aliphatic carbocycles. The minimum atomic E-state index is -1.62. The second kappa shape index (κ2) is 7.27. The summed E-state index contributed by atoms with van der Waals surface area (Å²) in [5.41, 5.74) is -0.722. The number of aliphatic hydroxyl groups excluding tert-OH is 4. The van der Waals surface area contributed by atoms with Crippen molar-refractivity contribution in [3.05, 3.63) is 23.8 Å². The van der Waals surface area contributed by atoms with Gasteiger partial charge in [-0.1, -0.05) is 0 Å². The van der Waals surface area contributed by atoms with E-state index in [1.165, 1.54) is 0 Å². The molecule has 0 amide bonds. The Morgan fingerprint density at radius 3 is 2.38 bits per heavy atom. The third kappa shape index (κ3) is 3.73. The minimum absolute atomic E-state index is 0.0101. The van der Waals surface area contributed by atoms with Crippen molar-refractivity contribution >= 4 is 17.3 Å². The Morgan fingerprint density at radius 2 is 1.83 bits per heavy atom. The average Bonchev–Trinajstić information content (AvgIpc) is 2.55. The van der Waals surface area contributed by atoms with Crippen LogP contribution >= 0.6 is 0 Å². The summed E-state index contributed by atoms with van der Waals surface area (Å²) in [6.45, 7) is -0.630. The highest BCUT2D eigenvalue weighted by Crippen LogP contribution is 2.26. The van der Waals surface area contributed by atoms with E-state index in [-0.39, 0.29) is 16.6 Å². The molecule has 1 aliphatic rings. The second-order valence-electron chi connectivity index (χ2n) is 5.24. The average molecular weight is 345 g/mol. The number of carbonyl (C=O) groups excluding carboxylic acids is 1. The highest BCUT2D eigenvalue weighted by molar-refractivity contribution is 5.88. The lowest BCUT2D eigenvalue weighted by molar-refractivity contribution is -0.255. The van der Waals surface area contributed by atoms with Crippen molar-refractivity contribution in [2.45, 2.75) is 30.6 Å². The maximum Gasteiger partial charge on any atom is 0.157 e. The number of benzene rings is 1. The molecular weight excluding hydrogens is 328 g/mol. The van der Waals surface area contributed by atoms with Crippen LogP contribution in [-0.2, 0) is 4.74 Å². The number of anilines is 2. The molecule has 0 bridgehead atoms. The summed E-state index contributed by atoms with van der Waals surface area (Å²) in [5, 5.41) is 69.7. The lowest BCUT2D eigenvalue weighted by atomic mass is 9.98.